The standard InChI is InChI=1S/C27H18N2O4/c28-18-21(26(30)31)17-20-13-16-25(33-27(20)32)19-11-14-24(15-12-19)29(22-7-3-1-4-8-22)23-9-5-2-6-10-23/h1-17H,(H,30,31)/b21-17+. The number of anilines is 3. The first-order valence-electron chi connectivity index (χ1n) is 10.1. The number of carboxylic acids is 1. The van der Waals surface area contributed by atoms with Gasteiger partial charge in [0.05, 0.1) is 5.56 Å². The summed E-state index contributed by atoms with van der Waals surface area (Å²) in [6.07, 6.45) is 0.999. The van der Waals surface area contributed by atoms with E-state index < -0.39 is 17.2 Å². The van der Waals surface area contributed by atoms with Crippen LogP contribution in [0.5, 0.6) is 0 Å². The first kappa shape index (κ1) is 21.3. The van der Waals surface area contributed by atoms with Crippen molar-refractivity contribution in [2.24, 2.45) is 0 Å². The quantitative estimate of drug-likeness (QED) is 0.306. The molecule has 0 radical (unpaired) electrons. The molecule has 0 saturated carbocycles. The number of aliphatic carboxylic acids is 1. The van der Waals surface area contributed by atoms with Crippen LogP contribution < -0.4 is 10.5 Å². The summed E-state index contributed by atoms with van der Waals surface area (Å²) >= 11 is 0. The second-order valence-electron chi connectivity index (χ2n) is 7.07. The van der Waals surface area contributed by atoms with Crippen molar-refractivity contribution < 1.29 is 14.3 Å². The zero-order valence-electron chi connectivity index (χ0n) is 17.4. The van der Waals surface area contributed by atoms with E-state index in [1.165, 1.54) is 6.07 Å². The van der Waals surface area contributed by atoms with Gasteiger partial charge in [0.15, 0.2) is 0 Å². The van der Waals surface area contributed by atoms with E-state index in [2.05, 4.69) is 4.90 Å². The van der Waals surface area contributed by atoms with Crippen molar-refractivity contribution in [2.75, 3.05) is 4.90 Å². The van der Waals surface area contributed by atoms with Crippen molar-refractivity contribution >= 4 is 29.1 Å². The molecule has 0 fully saturated rings. The molecule has 0 atom stereocenters. The van der Waals surface area contributed by atoms with Crippen LogP contribution in [-0.2, 0) is 4.79 Å². The topological polar surface area (TPSA) is 94.5 Å². The molecule has 0 unspecified atom stereocenters. The molecule has 33 heavy (non-hydrogen) atoms. The number of hydrogen-bond acceptors (Lipinski definition) is 5. The lowest BCUT2D eigenvalue weighted by Crippen LogP contribution is -2.09. The minimum absolute atomic E-state index is 0.00588. The predicted octanol–water partition coefficient (Wildman–Crippen LogP) is 5.77. The van der Waals surface area contributed by atoms with Crippen molar-refractivity contribution in [3.05, 3.63) is 119 Å². The maximum Gasteiger partial charge on any atom is 0.346 e. The Balaban J connectivity index is 1.68. The van der Waals surface area contributed by atoms with Crippen molar-refractivity contribution in [3.8, 4) is 17.4 Å². The molecule has 0 saturated heterocycles. The molecule has 0 aliphatic rings. The van der Waals surface area contributed by atoms with Gasteiger partial charge in [-0.3, -0.25) is 0 Å². The Bertz CT molecular complexity index is 1360. The van der Waals surface area contributed by atoms with Crippen LogP contribution in [0.15, 0.2) is 112 Å². The van der Waals surface area contributed by atoms with Gasteiger partial charge in [0.2, 0.25) is 0 Å². The van der Waals surface area contributed by atoms with E-state index in [0.29, 0.717) is 11.3 Å². The molecule has 4 rings (SSSR count). The molecule has 1 aromatic heterocycles. The first-order chi connectivity index (χ1) is 16.1. The molecule has 1 heterocycles. The van der Waals surface area contributed by atoms with Crippen LogP contribution in [0.3, 0.4) is 0 Å². The van der Waals surface area contributed by atoms with Crippen molar-refractivity contribution in [2.45, 2.75) is 0 Å². The minimum atomic E-state index is -1.40. The second-order valence-corrected chi connectivity index (χ2v) is 7.07. The number of carboxylic acid groups (broad SMARTS) is 1. The predicted molar refractivity (Wildman–Crippen MR) is 126 cm³/mol. The number of nitriles is 1. The molecule has 0 spiro atoms. The summed E-state index contributed by atoms with van der Waals surface area (Å²) < 4.78 is 5.37. The molecule has 0 aliphatic carbocycles. The van der Waals surface area contributed by atoms with E-state index >= 15 is 0 Å². The van der Waals surface area contributed by atoms with Gasteiger partial charge < -0.3 is 14.4 Å². The first-order valence-corrected chi connectivity index (χ1v) is 10.1. The number of hydrogen-bond donors (Lipinski definition) is 1. The van der Waals surface area contributed by atoms with Crippen LogP contribution >= 0.6 is 0 Å². The summed E-state index contributed by atoms with van der Waals surface area (Å²) in [6.45, 7) is 0. The Hall–Kier alpha value is -4.89. The SMILES string of the molecule is N#C/C(=C\c1ccc(-c2ccc(N(c3ccccc3)c3ccccc3)cc2)oc1=O)C(=O)O. The lowest BCUT2D eigenvalue weighted by atomic mass is 10.1. The van der Waals surface area contributed by atoms with Gasteiger partial charge in [0.1, 0.15) is 17.4 Å². The number of nitrogens with zero attached hydrogens (tertiary/aromatic N) is 2. The van der Waals surface area contributed by atoms with Gasteiger partial charge in [-0.2, -0.15) is 5.26 Å². The van der Waals surface area contributed by atoms with E-state index in [-0.39, 0.29) is 5.56 Å². The van der Waals surface area contributed by atoms with E-state index in [4.69, 9.17) is 14.8 Å². The van der Waals surface area contributed by atoms with Crippen molar-refractivity contribution in [3.63, 3.8) is 0 Å². The zero-order valence-corrected chi connectivity index (χ0v) is 17.4. The monoisotopic (exact) mass is 434 g/mol. The number of para-hydroxylation sites is 2. The third-order valence-corrected chi connectivity index (χ3v) is 4.94. The summed E-state index contributed by atoms with van der Waals surface area (Å²) in [5, 5.41) is 17.8. The third-order valence-electron chi connectivity index (χ3n) is 4.94. The van der Waals surface area contributed by atoms with Crippen LogP contribution in [0.4, 0.5) is 17.1 Å². The van der Waals surface area contributed by atoms with Crippen LogP contribution in [-0.4, -0.2) is 11.1 Å². The largest absolute Gasteiger partial charge is 0.477 e. The van der Waals surface area contributed by atoms with E-state index in [1.807, 2.05) is 84.9 Å². The van der Waals surface area contributed by atoms with E-state index in [9.17, 15) is 9.59 Å². The van der Waals surface area contributed by atoms with E-state index in [0.717, 1.165) is 23.1 Å². The fourth-order valence-corrected chi connectivity index (χ4v) is 3.36. The summed E-state index contributed by atoms with van der Waals surface area (Å²) in [5.74, 6) is -1.07. The van der Waals surface area contributed by atoms with E-state index in [1.54, 1.807) is 12.1 Å². The summed E-state index contributed by atoms with van der Waals surface area (Å²) in [4.78, 5) is 25.4. The Morgan fingerprint density at radius 3 is 1.85 bits per heavy atom. The fraction of sp³-hybridized carbons (Fsp3) is 0. The Morgan fingerprint density at radius 1 is 0.818 bits per heavy atom. The lowest BCUT2D eigenvalue weighted by Gasteiger charge is -2.25. The number of carbonyl (C=O) groups is 1. The average molecular weight is 434 g/mol. The molecule has 0 bridgehead atoms. The van der Waals surface area contributed by atoms with Gasteiger partial charge in [-0.15, -0.1) is 0 Å². The lowest BCUT2D eigenvalue weighted by molar-refractivity contribution is -0.132. The summed E-state index contributed by atoms with van der Waals surface area (Å²) in [7, 11) is 0. The molecule has 6 heteroatoms. The molecular formula is C27H18N2O4. The van der Waals surface area contributed by atoms with Crippen LogP contribution in [0.1, 0.15) is 5.56 Å². The Labute approximate surface area is 189 Å². The average Bonchev–Trinajstić information content (AvgIpc) is 2.85. The van der Waals surface area contributed by atoms with Gasteiger partial charge in [-0.25, -0.2) is 9.59 Å². The molecule has 0 aliphatic heterocycles. The molecule has 4 aromatic rings. The fourth-order valence-electron chi connectivity index (χ4n) is 3.36. The van der Waals surface area contributed by atoms with Crippen molar-refractivity contribution in [1.29, 1.82) is 5.26 Å². The van der Waals surface area contributed by atoms with Gasteiger partial charge >= 0.3 is 11.6 Å². The highest BCUT2D eigenvalue weighted by molar-refractivity contribution is 5.96. The van der Waals surface area contributed by atoms with Gasteiger partial charge in [0.25, 0.3) is 0 Å². The Kier molecular flexibility index (Phi) is 6.14. The molecular weight excluding hydrogens is 416 g/mol. The van der Waals surface area contributed by atoms with Crippen LogP contribution in [0, 0.1) is 11.3 Å². The third kappa shape index (κ3) is 4.73. The maximum absolute atomic E-state index is 12.3. The Morgan fingerprint density at radius 2 is 1.36 bits per heavy atom. The van der Waals surface area contributed by atoms with Crippen molar-refractivity contribution in [1.82, 2.24) is 0 Å². The smallest absolute Gasteiger partial charge is 0.346 e. The second kappa shape index (κ2) is 9.50. The van der Waals surface area contributed by atoms with Gasteiger partial charge in [0, 0.05) is 22.6 Å². The molecule has 160 valence electrons. The van der Waals surface area contributed by atoms with Crippen LogP contribution in [0.25, 0.3) is 17.4 Å². The van der Waals surface area contributed by atoms with Gasteiger partial charge in [-0.05, 0) is 66.7 Å². The molecule has 1 N–H and O–H groups in total. The molecule has 6 nitrogen and oxygen atoms in total. The summed E-state index contributed by atoms with van der Waals surface area (Å²) in [5.41, 5.74) is 2.36. The molecule has 3 aromatic carbocycles. The highest BCUT2D eigenvalue weighted by Crippen LogP contribution is 2.35. The van der Waals surface area contributed by atoms with Crippen LogP contribution in [0.2, 0.25) is 0 Å². The highest BCUT2D eigenvalue weighted by atomic mass is 16.4. The number of benzene rings is 3. The highest BCUT2D eigenvalue weighted by Gasteiger charge is 2.13. The summed E-state index contributed by atoms with van der Waals surface area (Å²) in [6, 6.07) is 32.1. The number of rotatable bonds is 6. The maximum atomic E-state index is 12.3. The molecule has 0 amide bonds. The zero-order chi connectivity index (χ0) is 23.2. The van der Waals surface area contributed by atoms with Gasteiger partial charge in [-0.1, -0.05) is 36.4 Å². The normalized spacial score (nSPS) is 10.9. The minimum Gasteiger partial charge on any atom is -0.477 e.